The van der Waals surface area contributed by atoms with Gasteiger partial charge >= 0.3 is 0 Å². The Morgan fingerprint density at radius 2 is 1.96 bits per heavy atom. The van der Waals surface area contributed by atoms with Crippen molar-refractivity contribution in [2.75, 3.05) is 59.6 Å². The summed E-state index contributed by atoms with van der Waals surface area (Å²) in [6.07, 6.45) is -0.536. The van der Waals surface area contributed by atoms with Gasteiger partial charge in [-0.2, -0.15) is 0 Å². The third-order valence-electron chi connectivity index (χ3n) is 3.69. The lowest BCUT2D eigenvalue weighted by Crippen LogP contribution is -2.42. The van der Waals surface area contributed by atoms with Gasteiger partial charge < -0.3 is 19.5 Å². The van der Waals surface area contributed by atoms with Gasteiger partial charge in [0.15, 0.2) is 0 Å². The lowest BCUT2D eigenvalue weighted by atomic mass is 10.3. The van der Waals surface area contributed by atoms with Gasteiger partial charge in [0.25, 0.3) is 0 Å². The molecule has 2 rings (SSSR count). The fourth-order valence-electron chi connectivity index (χ4n) is 2.39. The van der Waals surface area contributed by atoms with Crippen LogP contribution in [-0.4, -0.2) is 80.6 Å². The van der Waals surface area contributed by atoms with Crippen LogP contribution in [0.2, 0.25) is 5.02 Å². The molecule has 0 bridgehead atoms. The Morgan fingerprint density at radius 1 is 1.29 bits per heavy atom. The van der Waals surface area contributed by atoms with Crippen LogP contribution >= 0.6 is 36.4 Å². The fourth-order valence-corrected chi connectivity index (χ4v) is 2.58. The highest BCUT2D eigenvalue weighted by Crippen LogP contribution is 2.23. The van der Waals surface area contributed by atoms with E-state index in [-0.39, 0.29) is 31.4 Å². The molecule has 0 amide bonds. The summed E-state index contributed by atoms with van der Waals surface area (Å²) in [5.74, 6) is 0.610. The number of likely N-dealkylation sites (N-methyl/N-ethyl adjacent to an activating group) is 1. The van der Waals surface area contributed by atoms with Crippen LogP contribution in [0.25, 0.3) is 0 Å². The average Bonchev–Trinajstić information content (AvgIpc) is 2.53. The molecule has 24 heavy (non-hydrogen) atoms. The van der Waals surface area contributed by atoms with E-state index in [4.69, 9.17) is 21.1 Å². The van der Waals surface area contributed by atoms with E-state index in [0.29, 0.717) is 17.3 Å². The molecule has 140 valence electrons. The van der Waals surface area contributed by atoms with Crippen molar-refractivity contribution in [2.24, 2.45) is 0 Å². The molecule has 0 aromatic heterocycles. The standard InChI is InChI=1S/C16H25ClN2O3.2ClH/c1-18(6-7-19-8-10-21-11-9-19)12-14(20)13-22-16-5-3-2-4-15(16)17;;/h2-5,14,20H,6-13H2,1H3;2*1H. The molecular formula is C16H27Cl3N2O3. The van der Waals surface area contributed by atoms with Gasteiger partial charge in [0.05, 0.1) is 18.2 Å². The van der Waals surface area contributed by atoms with Crippen LogP contribution in [0.5, 0.6) is 5.75 Å². The molecular weight excluding hydrogens is 375 g/mol. The summed E-state index contributed by atoms with van der Waals surface area (Å²) in [7, 11) is 2.01. The third-order valence-corrected chi connectivity index (χ3v) is 4.00. The van der Waals surface area contributed by atoms with Crippen LogP contribution in [0, 0.1) is 0 Å². The first-order chi connectivity index (χ1) is 10.6. The normalized spacial score (nSPS) is 16.2. The van der Waals surface area contributed by atoms with Gasteiger partial charge in [-0.15, -0.1) is 24.8 Å². The molecule has 0 radical (unpaired) electrons. The predicted octanol–water partition coefficient (Wildman–Crippen LogP) is 2.19. The Labute approximate surface area is 161 Å². The summed E-state index contributed by atoms with van der Waals surface area (Å²) in [5, 5.41) is 10.6. The van der Waals surface area contributed by atoms with Crippen LogP contribution < -0.4 is 4.74 Å². The molecule has 1 aromatic rings. The van der Waals surface area contributed by atoms with Crippen molar-refractivity contribution in [3.05, 3.63) is 29.3 Å². The Hall–Kier alpha value is -0.270. The van der Waals surface area contributed by atoms with Crippen molar-refractivity contribution in [2.45, 2.75) is 6.10 Å². The summed E-state index contributed by atoms with van der Waals surface area (Å²) < 4.78 is 10.9. The molecule has 1 fully saturated rings. The molecule has 0 spiro atoms. The van der Waals surface area contributed by atoms with Crippen LogP contribution in [0.4, 0.5) is 0 Å². The highest BCUT2D eigenvalue weighted by molar-refractivity contribution is 6.32. The SMILES string of the molecule is CN(CCN1CCOCC1)CC(O)COc1ccccc1Cl.Cl.Cl. The van der Waals surface area contributed by atoms with Crippen LogP contribution in [0.1, 0.15) is 0 Å². The number of hydrogen-bond donors (Lipinski definition) is 1. The van der Waals surface area contributed by atoms with Gasteiger partial charge in [-0.1, -0.05) is 23.7 Å². The number of aliphatic hydroxyl groups excluding tert-OH is 1. The van der Waals surface area contributed by atoms with E-state index >= 15 is 0 Å². The lowest BCUT2D eigenvalue weighted by molar-refractivity contribution is 0.0297. The van der Waals surface area contributed by atoms with Gasteiger partial charge in [0.1, 0.15) is 18.5 Å². The zero-order valence-corrected chi connectivity index (χ0v) is 16.3. The monoisotopic (exact) mass is 400 g/mol. The molecule has 5 nitrogen and oxygen atoms in total. The van der Waals surface area contributed by atoms with E-state index in [1.165, 1.54) is 0 Å². The zero-order valence-electron chi connectivity index (χ0n) is 13.9. The number of morpholine rings is 1. The summed E-state index contributed by atoms with van der Waals surface area (Å²) in [6, 6.07) is 7.29. The Morgan fingerprint density at radius 3 is 2.62 bits per heavy atom. The van der Waals surface area contributed by atoms with Crippen LogP contribution in [0.3, 0.4) is 0 Å². The number of nitrogens with zero attached hydrogens (tertiary/aromatic N) is 2. The number of benzene rings is 1. The summed E-state index contributed by atoms with van der Waals surface area (Å²) in [4.78, 5) is 4.50. The van der Waals surface area contributed by atoms with Crippen molar-refractivity contribution >= 4 is 36.4 Å². The maximum atomic E-state index is 10.1. The van der Waals surface area contributed by atoms with Gasteiger partial charge in [0.2, 0.25) is 0 Å². The predicted molar refractivity (Wildman–Crippen MR) is 102 cm³/mol. The van der Waals surface area contributed by atoms with E-state index in [0.717, 1.165) is 39.4 Å². The summed E-state index contributed by atoms with van der Waals surface area (Å²) in [6.45, 7) is 6.36. The second-order valence-electron chi connectivity index (χ2n) is 5.61. The number of aliphatic hydroxyl groups is 1. The van der Waals surface area contributed by atoms with Crippen LogP contribution in [0.15, 0.2) is 24.3 Å². The Bertz CT molecular complexity index is 448. The summed E-state index contributed by atoms with van der Waals surface area (Å²) >= 11 is 6.02. The number of para-hydroxylation sites is 1. The van der Waals surface area contributed by atoms with Crippen molar-refractivity contribution < 1.29 is 14.6 Å². The number of halogens is 3. The minimum absolute atomic E-state index is 0. The Balaban J connectivity index is 0.00000264. The van der Waals surface area contributed by atoms with E-state index in [9.17, 15) is 5.11 Å². The average molecular weight is 402 g/mol. The second kappa shape index (κ2) is 13.0. The molecule has 1 aliphatic rings. The summed E-state index contributed by atoms with van der Waals surface area (Å²) in [5.41, 5.74) is 0. The zero-order chi connectivity index (χ0) is 15.8. The van der Waals surface area contributed by atoms with Gasteiger partial charge in [-0.05, 0) is 19.2 Å². The molecule has 1 N–H and O–H groups in total. The molecule has 8 heteroatoms. The third kappa shape index (κ3) is 8.72. The van der Waals surface area contributed by atoms with E-state index < -0.39 is 6.10 Å². The molecule has 1 heterocycles. The fraction of sp³-hybridized carbons (Fsp3) is 0.625. The van der Waals surface area contributed by atoms with E-state index in [1.807, 2.05) is 19.2 Å². The number of rotatable bonds is 8. The molecule has 1 atom stereocenters. The van der Waals surface area contributed by atoms with Gasteiger partial charge in [-0.3, -0.25) is 4.90 Å². The first-order valence-corrected chi connectivity index (χ1v) is 8.07. The van der Waals surface area contributed by atoms with Crippen molar-refractivity contribution in [3.63, 3.8) is 0 Å². The minimum atomic E-state index is -0.536. The maximum absolute atomic E-state index is 10.1. The number of ether oxygens (including phenoxy) is 2. The largest absolute Gasteiger partial charge is 0.489 e. The first kappa shape index (κ1) is 23.7. The molecule has 1 saturated heterocycles. The molecule has 1 aliphatic heterocycles. The van der Waals surface area contributed by atoms with E-state index in [1.54, 1.807) is 12.1 Å². The molecule has 0 aliphatic carbocycles. The molecule has 1 unspecified atom stereocenters. The smallest absolute Gasteiger partial charge is 0.138 e. The van der Waals surface area contributed by atoms with E-state index in [2.05, 4.69) is 9.80 Å². The minimum Gasteiger partial charge on any atom is -0.489 e. The highest BCUT2D eigenvalue weighted by atomic mass is 35.5. The second-order valence-corrected chi connectivity index (χ2v) is 6.02. The van der Waals surface area contributed by atoms with Gasteiger partial charge in [0, 0.05) is 32.7 Å². The highest BCUT2D eigenvalue weighted by Gasteiger charge is 2.13. The Kier molecular flexibility index (Phi) is 12.9. The topological polar surface area (TPSA) is 45.2 Å². The van der Waals surface area contributed by atoms with Crippen molar-refractivity contribution in [1.82, 2.24) is 9.80 Å². The number of hydrogen-bond acceptors (Lipinski definition) is 5. The van der Waals surface area contributed by atoms with Gasteiger partial charge in [-0.25, -0.2) is 0 Å². The maximum Gasteiger partial charge on any atom is 0.138 e. The van der Waals surface area contributed by atoms with Crippen molar-refractivity contribution in [1.29, 1.82) is 0 Å². The van der Waals surface area contributed by atoms with Crippen LogP contribution in [-0.2, 0) is 4.74 Å². The first-order valence-electron chi connectivity index (χ1n) is 7.69. The molecule has 1 aromatic carbocycles. The quantitative estimate of drug-likeness (QED) is 0.723. The molecule has 0 saturated carbocycles. The lowest BCUT2D eigenvalue weighted by Gasteiger charge is -2.29. The van der Waals surface area contributed by atoms with Crippen molar-refractivity contribution in [3.8, 4) is 5.75 Å².